The average molecular weight is 327 g/mol. The number of alkyl carbamates (subject to hydrolysis) is 1. The van der Waals surface area contributed by atoms with Gasteiger partial charge >= 0.3 is 6.09 Å². The lowest BCUT2D eigenvalue weighted by atomic mass is 10.2. The lowest BCUT2D eigenvalue weighted by Gasteiger charge is -2.25. The Morgan fingerprint density at radius 3 is 2.05 bits per heavy atom. The summed E-state index contributed by atoms with van der Waals surface area (Å²) < 4.78 is 30.6. The maximum absolute atomic E-state index is 12.7. The molecule has 0 aromatic heterocycles. The van der Waals surface area contributed by atoms with Crippen LogP contribution >= 0.6 is 0 Å². The SMILES string of the molecule is Cc1ccc(S(=O)(=O)C(NC(=O)OC(C)(C)C)C(C)C)cc1. The Bertz CT molecular complexity index is 613. The Morgan fingerprint density at radius 1 is 1.14 bits per heavy atom. The van der Waals surface area contributed by atoms with Gasteiger partial charge in [0.05, 0.1) is 4.90 Å². The fourth-order valence-electron chi connectivity index (χ4n) is 1.90. The summed E-state index contributed by atoms with van der Waals surface area (Å²) in [6.07, 6.45) is -0.734. The minimum atomic E-state index is -3.68. The van der Waals surface area contributed by atoms with Crippen LogP contribution in [0.1, 0.15) is 40.2 Å². The number of hydrogen-bond acceptors (Lipinski definition) is 4. The van der Waals surface area contributed by atoms with Crippen LogP contribution in [0.25, 0.3) is 0 Å². The van der Waals surface area contributed by atoms with Crippen LogP contribution in [0.4, 0.5) is 4.79 Å². The van der Waals surface area contributed by atoms with Crippen molar-refractivity contribution in [2.45, 2.75) is 57.4 Å². The fourth-order valence-corrected chi connectivity index (χ4v) is 3.68. The standard InChI is InChI=1S/C16H25NO4S/c1-11(2)14(17-15(18)21-16(4,5)6)22(19,20)13-9-7-12(3)8-10-13/h7-11,14H,1-6H3,(H,17,18). The summed E-state index contributed by atoms with van der Waals surface area (Å²) in [6, 6.07) is 6.57. The first-order chi connectivity index (χ1) is 9.93. The Balaban J connectivity index is 3.04. The number of rotatable bonds is 4. The van der Waals surface area contributed by atoms with E-state index in [1.54, 1.807) is 58.9 Å². The number of benzene rings is 1. The number of sulfone groups is 1. The molecule has 0 bridgehead atoms. The van der Waals surface area contributed by atoms with Crippen molar-refractivity contribution in [2.24, 2.45) is 5.92 Å². The first-order valence-corrected chi connectivity index (χ1v) is 8.78. The molecule has 0 spiro atoms. The predicted octanol–water partition coefficient (Wildman–Crippen LogP) is 3.28. The molecule has 5 nitrogen and oxygen atoms in total. The Labute approximate surface area is 133 Å². The molecule has 0 aliphatic rings. The summed E-state index contributed by atoms with van der Waals surface area (Å²) >= 11 is 0. The van der Waals surface area contributed by atoms with E-state index in [-0.39, 0.29) is 10.8 Å². The number of hydrogen-bond donors (Lipinski definition) is 1. The number of aryl methyl sites for hydroxylation is 1. The second-order valence-electron chi connectivity index (χ2n) is 6.67. The van der Waals surface area contributed by atoms with Gasteiger partial charge in [0.2, 0.25) is 0 Å². The Hall–Kier alpha value is -1.56. The molecule has 1 aromatic rings. The molecule has 0 fully saturated rings. The third-order valence-corrected chi connectivity index (χ3v) is 5.21. The third kappa shape index (κ3) is 5.02. The number of amides is 1. The molecule has 1 atom stereocenters. The number of ether oxygens (including phenoxy) is 1. The topological polar surface area (TPSA) is 72.5 Å². The van der Waals surface area contributed by atoms with E-state index in [9.17, 15) is 13.2 Å². The highest BCUT2D eigenvalue weighted by atomic mass is 32.2. The zero-order valence-electron chi connectivity index (χ0n) is 14.0. The molecule has 6 heteroatoms. The van der Waals surface area contributed by atoms with E-state index < -0.39 is 26.9 Å². The highest BCUT2D eigenvalue weighted by Gasteiger charge is 2.33. The molecule has 1 aromatic carbocycles. The van der Waals surface area contributed by atoms with Gasteiger partial charge in [-0.25, -0.2) is 13.2 Å². The molecular formula is C16H25NO4S. The lowest BCUT2D eigenvalue weighted by molar-refractivity contribution is 0.0511. The molecule has 1 amide bonds. The van der Waals surface area contributed by atoms with Crippen LogP contribution in [0, 0.1) is 12.8 Å². The summed E-state index contributed by atoms with van der Waals surface area (Å²) in [5, 5.41) is 1.44. The van der Waals surface area contributed by atoms with Gasteiger partial charge in [-0.05, 0) is 45.7 Å². The molecule has 1 unspecified atom stereocenters. The van der Waals surface area contributed by atoms with Crippen molar-refractivity contribution < 1.29 is 17.9 Å². The first-order valence-electron chi connectivity index (χ1n) is 7.23. The van der Waals surface area contributed by atoms with Crippen LogP contribution in [0.5, 0.6) is 0 Å². The molecule has 0 saturated carbocycles. The van der Waals surface area contributed by atoms with Crippen LogP contribution in [-0.2, 0) is 14.6 Å². The van der Waals surface area contributed by atoms with E-state index in [0.29, 0.717) is 0 Å². The number of carbonyl (C=O) groups excluding carboxylic acids is 1. The first kappa shape index (κ1) is 18.5. The summed E-state index contributed by atoms with van der Waals surface area (Å²) in [7, 11) is -3.68. The van der Waals surface area contributed by atoms with Crippen molar-refractivity contribution in [3.63, 3.8) is 0 Å². The van der Waals surface area contributed by atoms with Gasteiger partial charge in [-0.1, -0.05) is 31.5 Å². The van der Waals surface area contributed by atoms with Gasteiger partial charge in [-0.15, -0.1) is 0 Å². The predicted molar refractivity (Wildman–Crippen MR) is 86.4 cm³/mol. The second-order valence-corrected chi connectivity index (χ2v) is 8.74. The minimum absolute atomic E-state index is 0.188. The fraction of sp³-hybridized carbons (Fsp3) is 0.562. The number of nitrogens with one attached hydrogen (secondary N) is 1. The van der Waals surface area contributed by atoms with E-state index in [1.165, 1.54) is 0 Å². The van der Waals surface area contributed by atoms with Gasteiger partial charge in [-0.3, -0.25) is 0 Å². The van der Waals surface area contributed by atoms with Crippen molar-refractivity contribution in [1.82, 2.24) is 5.32 Å². The quantitative estimate of drug-likeness (QED) is 0.921. The smallest absolute Gasteiger partial charge is 0.408 e. The molecule has 0 aliphatic heterocycles. The van der Waals surface area contributed by atoms with Crippen LogP contribution in [-0.4, -0.2) is 25.5 Å². The molecule has 124 valence electrons. The lowest BCUT2D eigenvalue weighted by Crippen LogP contribution is -2.46. The molecule has 0 radical (unpaired) electrons. The largest absolute Gasteiger partial charge is 0.444 e. The van der Waals surface area contributed by atoms with Gasteiger partial charge in [0.25, 0.3) is 0 Å². The zero-order valence-corrected chi connectivity index (χ0v) is 14.8. The summed E-state index contributed by atoms with van der Waals surface area (Å²) in [6.45, 7) is 10.6. The Kier molecular flexibility index (Phi) is 5.62. The zero-order chi connectivity index (χ0) is 17.1. The monoisotopic (exact) mass is 327 g/mol. The third-order valence-electron chi connectivity index (χ3n) is 2.95. The van der Waals surface area contributed by atoms with Gasteiger partial charge in [0.15, 0.2) is 9.84 Å². The average Bonchev–Trinajstić information content (AvgIpc) is 2.33. The van der Waals surface area contributed by atoms with Crippen LogP contribution < -0.4 is 5.32 Å². The van der Waals surface area contributed by atoms with E-state index in [1.807, 2.05) is 6.92 Å². The van der Waals surface area contributed by atoms with Crippen LogP contribution in [0.15, 0.2) is 29.2 Å². The summed E-state index contributed by atoms with van der Waals surface area (Å²) in [5.41, 5.74) is 0.291. The van der Waals surface area contributed by atoms with Crippen molar-refractivity contribution in [2.75, 3.05) is 0 Å². The van der Waals surface area contributed by atoms with E-state index in [4.69, 9.17) is 4.74 Å². The van der Waals surface area contributed by atoms with Gasteiger partial charge in [0.1, 0.15) is 11.0 Å². The maximum Gasteiger partial charge on any atom is 0.408 e. The van der Waals surface area contributed by atoms with Crippen molar-refractivity contribution in [1.29, 1.82) is 0 Å². The minimum Gasteiger partial charge on any atom is -0.444 e. The molecule has 0 heterocycles. The molecule has 0 saturated heterocycles. The maximum atomic E-state index is 12.7. The highest BCUT2D eigenvalue weighted by Crippen LogP contribution is 2.21. The van der Waals surface area contributed by atoms with Crippen molar-refractivity contribution in [3.8, 4) is 0 Å². The van der Waals surface area contributed by atoms with Gasteiger partial charge in [-0.2, -0.15) is 0 Å². The van der Waals surface area contributed by atoms with Crippen molar-refractivity contribution >= 4 is 15.9 Å². The highest BCUT2D eigenvalue weighted by molar-refractivity contribution is 7.92. The molecule has 1 N–H and O–H groups in total. The number of carbonyl (C=O) groups is 1. The molecule has 22 heavy (non-hydrogen) atoms. The normalized spacial score (nSPS) is 13.8. The van der Waals surface area contributed by atoms with Gasteiger partial charge in [0, 0.05) is 0 Å². The molecule has 1 rings (SSSR count). The van der Waals surface area contributed by atoms with Crippen molar-refractivity contribution in [3.05, 3.63) is 29.8 Å². The van der Waals surface area contributed by atoms with Gasteiger partial charge < -0.3 is 10.1 Å². The van der Waals surface area contributed by atoms with E-state index >= 15 is 0 Å². The summed E-state index contributed by atoms with van der Waals surface area (Å²) in [5.74, 6) is -0.293. The van der Waals surface area contributed by atoms with Crippen LogP contribution in [0.3, 0.4) is 0 Å². The van der Waals surface area contributed by atoms with Crippen LogP contribution in [0.2, 0.25) is 0 Å². The summed E-state index contributed by atoms with van der Waals surface area (Å²) in [4.78, 5) is 12.1. The van der Waals surface area contributed by atoms with E-state index in [2.05, 4.69) is 5.32 Å². The Morgan fingerprint density at radius 2 is 1.64 bits per heavy atom. The second kappa shape index (κ2) is 6.69. The molecule has 0 aliphatic carbocycles. The molecular weight excluding hydrogens is 302 g/mol. The van der Waals surface area contributed by atoms with E-state index in [0.717, 1.165) is 5.56 Å².